The number of carbonyl (C=O) groups excluding carboxylic acids is 1. The van der Waals surface area contributed by atoms with Gasteiger partial charge in [-0.2, -0.15) is 0 Å². The zero-order valence-corrected chi connectivity index (χ0v) is 10.3. The number of rotatable bonds is 3. The van der Waals surface area contributed by atoms with Crippen molar-refractivity contribution >= 4 is 18.0 Å². The van der Waals surface area contributed by atoms with Gasteiger partial charge in [0.25, 0.3) is 0 Å². The molecule has 0 amide bonds. The number of aromatic amines is 2. The molecule has 6 heteroatoms. The van der Waals surface area contributed by atoms with Gasteiger partial charge in [0.2, 0.25) is 5.78 Å². The molecule has 0 aliphatic heterocycles. The van der Waals surface area contributed by atoms with Crippen LogP contribution >= 0.6 is 12.2 Å². The molecule has 0 aliphatic rings. The van der Waals surface area contributed by atoms with Crippen LogP contribution in [0, 0.1) is 16.4 Å². The Morgan fingerprint density at radius 1 is 1.28 bits per heavy atom. The first-order valence-corrected chi connectivity index (χ1v) is 5.74. The molecule has 2 N–H and O–H groups in total. The summed E-state index contributed by atoms with van der Waals surface area (Å²) in [4.78, 5) is 17.7. The second-order valence-corrected chi connectivity index (χ2v) is 4.15. The van der Waals surface area contributed by atoms with Gasteiger partial charge in [0.15, 0.2) is 16.4 Å². The molecule has 94 valence electrons. The number of ketones is 1. The van der Waals surface area contributed by atoms with Crippen LogP contribution in [0.4, 0.5) is 8.78 Å². The number of imidazole rings is 1. The molecule has 0 bridgehead atoms. The first-order valence-electron chi connectivity index (χ1n) is 5.33. The van der Waals surface area contributed by atoms with E-state index in [4.69, 9.17) is 12.2 Å². The third kappa shape index (κ3) is 2.24. The van der Waals surface area contributed by atoms with Crippen molar-refractivity contribution in [1.29, 1.82) is 0 Å². The average molecular weight is 268 g/mol. The van der Waals surface area contributed by atoms with Crippen molar-refractivity contribution in [2.24, 2.45) is 0 Å². The molecule has 0 radical (unpaired) electrons. The molecule has 0 saturated carbocycles. The SMILES string of the molecule is CCc1[nH]c(=S)[nH]c1C(=O)c1ccc(F)c(F)c1. The zero-order valence-electron chi connectivity index (χ0n) is 9.51. The number of nitrogens with one attached hydrogen (secondary N) is 2. The molecule has 0 aliphatic carbocycles. The maximum Gasteiger partial charge on any atom is 0.211 e. The van der Waals surface area contributed by atoms with E-state index < -0.39 is 17.4 Å². The van der Waals surface area contributed by atoms with Crippen LogP contribution in [0.2, 0.25) is 0 Å². The summed E-state index contributed by atoms with van der Waals surface area (Å²) in [5, 5.41) is 0. The highest BCUT2D eigenvalue weighted by Gasteiger charge is 2.16. The van der Waals surface area contributed by atoms with E-state index in [1.807, 2.05) is 6.92 Å². The zero-order chi connectivity index (χ0) is 13.3. The normalized spacial score (nSPS) is 10.6. The summed E-state index contributed by atoms with van der Waals surface area (Å²) in [7, 11) is 0. The minimum atomic E-state index is -1.05. The summed E-state index contributed by atoms with van der Waals surface area (Å²) in [6, 6.07) is 3.04. The molecular weight excluding hydrogens is 258 g/mol. The Kier molecular flexibility index (Phi) is 3.38. The van der Waals surface area contributed by atoms with Crippen LogP contribution in [-0.2, 0) is 6.42 Å². The predicted octanol–water partition coefficient (Wildman–Crippen LogP) is 3.14. The van der Waals surface area contributed by atoms with Crippen LogP contribution in [-0.4, -0.2) is 15.8 Å². The summed E-state index contributed by atoms with van der Waals surface area (Å²) in [5.74, 6) is -2.45. The molecule has 2 rings (SSSR count). The van der Waals surface area contributed by atoms with Crippen LogP contribution in [0.15, 0.2) is 18.2 Å². The van der Waals surface area contributed by atoms with Gasteiger partial charge in [-0.05, 0) is 36.8 Å². The van der Waals surface area contributed by atoms with E-state index in [1.54, 1.807) is 0 Å². The van der Waals surface area contributed by atoms with E-state index in [-0.39, 0.29) is 11.3 Å². The number of hydrogen-bond acceptors (Lipinski definition) is 2. The van der Waals surface area contributed by atoms with Crippen molar-refractivity contribution in [3.8, 4) is 0 Å². The summed E-state index contributed by atoms with van der Waals surface area (Å²) < 4.78 is 26.2. The molecule has 0 spiro atoms. The second-order valence-electron chi connectivity index (χ2n) is 3.74. The van der Waals surface area contributed by atoms with Crippen LogP contribution in [0.25, 0.3) is 0 Å². The molecule has 1 aromatic carbocycles. The van der Waals surface area contributed by atoms with Gasteiger partial charge in [-0.25, -0.2) is 8.78 Å². The van der Waals surface area contributed by atoms with Gasteiger partial charge in [-0.15, -0.1) is 0 Å². The Morgan fingerprint density at radius 2 is 2.00 bits per heavy atom. The van der Waals surface area contributed by atoms with E-state index in [9.17, 15) is 13.6 Å². The monoisotopic (exact) mass is 268 g/mol. The third-order valence-electron chi connectivity index (χ3n) is 2.57. The predicted molar refractivity (Wildman–Crippen MR) is 65.1 cm³/mol. The van der Waals surface area contributed by atoms with E-state index in [0.717, 1.165) is 12.1 Å². The number of aryl methyl sites for hydroxylation is 1. The third-order valence-corrected chi connectivity index (χ3v) is 2.77. The van der Waals surface area contributed by atoms with Crippen LogP contribution in [0.3, 0.4) is 0 Å². The quantitative estimate of drug-likeness (QED) is 0.663. The molecule has 18 heavy (non-hydrogen) atoms. The van der Waals surface area contributed by atoms with Crippen molar-refractivity contribution in [2.75, 3.05) is 0 Å². The summed E-state index contributed by atoms with van der Waals surface area (Å²) in [5.41, 5.74) is 1.01. The van der Waals surface area contributed by atoms with Gasteiger partial charge < -0.3 is 9.97 Å². The smallest absolute Gasteiger partial charge is 0.211 e. The molecule has 0 unspecified atom stereocenters. The van der Waals surface area contributed by atoms with Gasteiger partial charge in [-0.3, -0.25) is 4.79 Å². The fourth-order valence-corrected chi connectivity index (χ4v) is 1.89. The Hall–Kier alpha value is -1.82. The van der Waals surface area contributed by atoms with Gasteiger partial charge >= 0.3 is 0 Å². The minimum absolute atomic E-state index is 0.0776. The fourth-order valence-electron chi connectivity index (χ4n) is 1.66. The molecule has 0 saturated heterocycles. The standard InChI is InChI=1S/C12H10F2N2OS/c1-2-9-10(16-12(18)15-9)11(17)6-3-4-7(13)8(14)5-6/h3-5H,2H2,1H3,(H2,15,16,18). The number of aromatic nitrogens is 2. The van der Waals surface area contributed by atoms with Crippen molar-refractivity contribution < 1.29 is 13.6 Å². The lowest BCUT2D eigenvalue weighted by Gasteiger charge is -2.01. The Labute approximate surface area is 107 Å². The second kappa shape index (κ2) is 4.81. The molecule has 1 aromatic heterocycles. The van der Waals surface area contributed by atoms with Gasteiger partial charge in [0.05, 0.1) is 0 Å². The topological polar surface area (TPSA) is 48.6 Å². The van der Waals surface area contributed by atoms with Gasteiger partial charge in [0, 0.05) is 11.3 Å². The fraction of sp³-hybridized carbons (Fsp3) is 0.167. The molecule has 2 aromatic rings. The molecule has 0 fully saturated rings. The van der Waals surface area contributed by atoms with Crippen molar-refractivity contribution in [1.82, 2.24) is 9.97 Å². The number of carbonyl (C=O) groups is 1. The number of H-pyrrole nitrogens is 2. The first kappa shape index (κ1) is 12.6. The Bertz CT molecular complexity index is 660. The van der Waals surface area contributed by atoms with E-state index in [1.165, 1.54) is 6.07 Å². The maximum absolute atomic E-state index is 13.1. The highest BCUT2D eigenvalue weighted by atomic mass is 32.1. The van der Waals surface area contributed by atoms with Crippen LogP contribution in [0.1, 0.15) is 28.7 Å². The molecule has 0 atom stereocenters. The Balaban J connectivity index is 2.47. The molecule has 1 heterocycles. The maximum atomic E-state index is 13.1. The largest absolute Gasteiger partial charge is 0.334 e. The van der Waals surface area contributed by atoms with E-state index in [2.05, 4.69) is 9.97 Å². The minimum Gasteiger partial charge on any atom is -0.334 e. The Morgan fingerprint density at radius 3 is 2.61 bits per heavy atom. The molecular formula is C12H10F2N2OS. The lowest BCUT2D eigenvalue weighted by molar-refractivity contribution is 0.103. The average Bonchev–Trinajstić information content (AvgIpc) is 2.73. The number of benzene rings is 1. The highest BCUT2D eigenvalue weighted by molar-refractivity contribution is 7.71. The van der Waals surface area contributed by atoms with Gasteiger partial charge in [0.1, 0.15) is 5.69 Å². The lowest BCUT2D eigenvalue weighted by atomic mass is 10.1. The summed E-state index contributed by atoms with van der Waals surface area (Å²) >= 11 is 4.91. The van der Waals surface area contributed by atoms with E-state index in [0.29, 0.717) is 16.9 Å². The summed E-state index contributed by atoms with van der Waals surface area (Å²) in [6.45, 7) is 1.86. The van der Waals surface area contributed by atoms with Crippen LogP contribution < -0.4 is 0 Å². The highest BCUT2D eigenvalue weighted by Crippen LogP contribution is 2.15. The van der Waals surface area contributed by atoms with Crippen molar-refractivity contribution in [2.45, 2.75) is 13.3 Å². The van der Waals surface area contributed by atoms with Crippen LogP contribution in [0.5, 0.6) is 0 Å². The number of hydrogen-bond donors (Lipinski definition) is 2. The number of halogens is 2. The van der Waals surface area contributed by atoms with Gasteiger partial charge in [-0.1, -0.05) is 6.92 Å². The van der Waals surface area contributed by atoms with Crippen molar-refractivity contribution in [3.05, 3.63) is 51.6 Å². The van der Waals surface area contributed by atoms with Crippen molar-refractivity contribution in [3.63, 3.8) is 0 Å². The van der Waals surface area contributed by atoms with E-state index >= 15 is 0 Å². The lowest BCUT2D eigenvalue weighted by Crippen LogP contribution is -2.06. The first-order chi connectivity index (χ1) is 8.52. The molecule has 3 nitrogen and oxygen atoms in total. The summed E-state index contributed by atoms with van der Waals surface area (Å²) in [6.07, 6.45) is 0.581.